The molecule has 0 saturated carbocycles. The molecule has 0 fully saturated rings. The summed E-state index contributed by atoms with van der Waals surface area (Å²) < 4.78 is 1.22. The molecule has 1 aromatic heterocycles. The predicted molar refractivity (Wildman–Crippen MR) is 122 cm³/mol. The minimum atomic E-state index is -0.463. The average molecular weight is 418 g/mol. The molecule has 2 N–H and O–H groups in total. The molecule has 1 amide bonds. The maximum Gasteiger partial charge on any atom is 0.328 e. The highest BCUT2D eigenvalue weighted by Crippen LogP contribution is 2.19. The molecule has 0 saturated heterocycles. The molecule has 6 heteroatoms. The maximum atomic E-state index is 12.8. The number of nitrogens with zero attached hydrogens (tertiary/aromatic N) is 1. The first-order valence-corrected chi connectivity index (χ1v) is 10.9. The van der Waals surface area contributed by atoms with Crippen LogP contribution in [0.15, 0.2) is 69.8 Å². The number of carbonyl (C=O) groups excluding carboxylic acids is 1. The fraction of sp³-hybridized carbons (Fsp3) is 0.320. The van der Waals surface area contributed by atoms with Gasteiger partial charge in [0.15, 0.2) is 0 Å². The van der Waals surface area contributed by atoms with Crippen LogP contribution in [0.1, 0.15) is 48.0 Å². The molecule has 31 heavy (non-hydrogen) atoms. The molecular formula is C25H27N3O3. The molecule has 4 rings (SSSR count). The fourth-order valence-corrected chi connectivity index (χ4v) is 4.05. The first-order chi connectivity index (χ1) is 15.1. The Labute approximate surface area is 180 Å². The first kappa shape index (κ1) is 20.8. The molecule has 2 aromatic carbocycles. The van der Waals surface area contributed by atoms with Crippen molar-refractivity contribution < 1.29 is 4.79 Å². The number of amides is 1. The summed E-state index contributed by atoms with van der Waals surface area (Å²) in [4.78, 5) is 40.6. The molecule has 3 aromatic rings. The number of carbonyl (C=O) groups is 1. The number of benzene rings is 2. The van der Waals surface area contributed by atoms with E-state index in [1.165, 1.54) is 23.0 Å². The van der Waals surface area contributed by atoms with Gasteiger partial charge in [-0.2, -0.15) is 0 Å². The third-order valence-corrected chi connectivity index (χ3v) is 5.83. The fourth-order valence-electron chi connectivity index (χ4n) is 4.05. The highest BCUT2D eigenvalue weighted by molar-refractivity contribution is 5.97. The van der Waals surface area contributed by atoms with Crippen LogP contribution in [0.2, 0.25) is 0 Å². The number of fused-ring (bicyclic) bond motifs is 1. The topological polar surface area (TPSA) is 84.0 Å². The Bertz CT molecular complexity index is 1220. The van der Waals surface area contributed by atoms with E-state index in [1.807, 2.05) is 30.3 Å². The lowest BCUT2D eigenvalue weighted by Gasteiger charge is -2.13. The number of hydrogen-bond donors (Lipinski definition) is 2. The van der Waals surface area contributed by atoms with E-state index in [0.717, 1.165) is 24.8 Å². The zero-order valence-corrected chi connectivity index (χ0v) is 17.5. The van der Waals surface area contributed by atoms with Crippen LogP contribution in [-0.2, 0) is 13.0 Å². The lowest BCUT2D eigenvalue weighted by Crippen LogP contribution is -2.35. The highest BCUT2D eigenvalue weighted by Gasteiger charge is 2.12. The van der Waals surface area contributed by atoms with Crippen molar-refractivity contribution in [2.24, 2.45) is 0 Å². The van der Waals surface area contributed by atoms with Gasteiger partial charge in [0.1, 0.15) is 0 Å². The lowest BCUT2D eigenvalue weighted by atomic mass is 9.97. The number of allylic oxidation sites excluding steroid dienone is 1. The molecule has 1 aliphatic carbocycles. The summed E-state index contributed by atoms with van der Waals surface area (Å²) >= 11 is 0. The monoisotopic (exact) mass is 417 g/mol. The molecule has 0 spiro atoms. The summed E-state index contributed by atoms with van der Waals surface area (Å²) in [6, 6.07) is 14.6. The Hall–Kier alpha value is -3.41. The van der Waals surface area contributed by atoms with Crippen molar-refractivity contribution in [2.45, 2.75) is 45.1 Å². The Morgan fingerprint density at radius 3 is 2.65 bits per heavy atom. The van der Waals surface area contributed by atoms with Crippen LogP contribution in [0.5, 0.6) is 0 Å². The first-order valence-electron chi connectivity index (χ1n) is 10.9. The summed E-state index contributed by atoms with van der Waals surface area (Å²) in [5.41, 5.74) is 2.48. The molecule has 0 bridgehead atoms. The minimum absolute atomic E-state index is 0.201. The minimum Gasteiger partial charge on any atom is -0.352 e. The number of aromatic nitrogens is 2. The van der Waals surface area contributed by atoms with Crippen molar-refractivity contribution in [3.63, 3.8) is 0 Å². The molecule has 6 nitrogen and oxygen atoms in total. The van der Waals surface area contributed by atoms with Gasteiger partial charge >= 0.3 is 5.69 Å². The second-order valence-corrected chi connectivity index (χ2v) is 8.00. The Morgan fingerprint density at radius 2 is 1.87 bits per heavy atom. The average Bonchev–Trinajstić information content (AvgIpc) is 2.80. The van der Waals surface area contributed by atoms with Crippen LogP contribution in [-0.4, -0.2) is 22.0 Å². The maximum absolute atomic E-state index is 12.8. The van der Waals surface area contributed by atoms with Crippen LogP contribution < -0.4 is 16.6 Å². The summed E-state index contributed by atoms with van der Waals surface area (Å²) in [6.45, 7) is 0.881. The van der Waals surface area contributed by atoms with Crippen molar-refractivity contribution in [3.05, 3.63) is 92.1 Å². The second kappa shape index (κ2) is 9.60. The van der Waals surface area contributed by atoms with Crippen molar-refractivity contribution >= 4 is 16.8 Å². The van der Waals surface area contributed by atoms with Crippen molar-refractivity contribution in [2.75, 3.05) is 6.54 Å². The Kier molecular flexibility index (Phi) is 6.46. The van der Waals surface area contributed by atoms with Gasteiger partial charge in [0.25, 0.3) is 11.5 Å². The summed E-state index contributed by atoms with van der Waals surface area (Å²) in [7, 11) is 0. The molecular weight excluding hydrogens is 390 g/mol. The van der Waals surface area contributed by atoms with Gasteiger partial charge in [-0.3, -0.25) is 14.2 Å². The van der Waals surface area contributed by atoms with Crippen LogP contribution in [0.25, 0.3) is 10.9 Å². The van der Waals surface area contributed by atoms with Gasteiger partial charge in [0.05, 0.1) is 10.9 Å². The van der Waals surface area contributed by atoms with Gasteiger partial charge in [-0.15, -0.1) is 0 Å². The Balaban J connectivity index is 1.47. The number of aryl methyl sites for hydroxylation is 1. The van der Waals surface area contributed by atoms with Crippen LogP contribution >= 0.6 is 0 Å². The number of hydrogen-bond acceptors (Lipinski definition) is 3. The summed E-state index contributed by atoms with van der Waals surface area (Å²) in [5.74, 6) is -0.201. The van der Waals surface area contributed by atoms with Gasteiger partial charge in [0, 0.05) is 18.7 Å². The molecule has 1 aliphatic rings. The van der Waals surface area contributed by atoms with Crippen molar-refractivity contribution in [3.8, 4) is 0 Å². The molecule has 0 unspecified atom stereocenters. The molecule has 0 radical (unpaired) electrons. The van der Waals surface area contributed by atoms with Gasteiger partial charge < -0.3 is 10.3 Å². The van der Waals surface area contributed by atoms with Gasteiger partial charge in [-0.25, -0.2) is 4.79 Å². The van der Waals surface area contributed by atoms with Crippen LogP contribution in [0.4, 0.5) is 0 Å². The number of H-pyrrole nitrogens is 1. The predicted octanol–water partition coefficient (Wildman–Crippen LogP) is 3.55. The molecule has 1 heterocycles. The standard InChI is InChI=1S/C25H27N3O3/c29-23(26-15-13-18-7-3-1-4-8-18)20-11-12-21-22(17-20)27-25(31)28(24(21)30)16-14-19-9-5-2-6-10-19/h2,5-7,9-12,17H,1,3-4,8,13-16H2,(H,26,29)(H,27,31). The van der Waals surface area contributed by atoms with E-state index in [1.54, 1.807) is 18.2 Å². The quantitative estimate of drug-likeness (QED) is 0.577. The normalized spacial score (nSPS) is 13.7. The Morgan fingerprint density at radius 1 is 1.03 bits per heavy atom. The zero-order valence-electron chi connectivity index (χ0n) is 17.5. The number of nitrogens with one attached hydrogen (secondary N) is 2. The van der Waals surface area contributed by atoms with E-state index in [9.17, 15) is 14.4 Å². The molecule has 0 aliphatic heterocycles. The van der Waals surface area contributed by atoms with Gasteiger partial charge in [-0.1, -0.05) is 42.0 Å². The summed E-state index contributed by atoms with van der Waals surface area (Å²) in [6.07, 6.45) is 8.45. The van der Waals surface area contributed by atoms with E-state index in [0.29, 0.717) is 36.0 Å². The molecule has 0 atom stereocenters. The van der Waals surface area contributed by atoms with E-state index in [2.05, 4.69) is 16.4 Å². The smallest absolute Gasteiger partial charge is 0.328 e. The highest BCUT2D eigenvalue weighted by atomic mass is 16.2. The lowest BCUT2D eigenvalue weighted by molar-refractivity contribution is 0.0954. The third-order valence-electron chi connectivity index (χ3n) is 5.83. The van der Waals surface area contributed by atoms with E-state index < -0.39 is 5.69 Å². The van der Waals surface area contributed by atoms with Crippen molar-refractivity contribution in [1.82, 2.24) is 14.9 Å². The van der Waals surface area contributed by atoms with Gasteiger partial charge in [0.2, 0.25) is 0 Å². The van der Waals surface area contributed by atoms with Crippen molar-refractivity contribution in [1.29, 1.82) is 0 Å². The zero-order chi connectivity index (χ0) is 21.6. The van der Waals surface area contributed by atoms with E-state index in [4.69, 9.17) is 0 Å². The second-order valence-electron chi connectivity index (χ2n) is 8.00. The van der Waals surface area contributed by atoms with E-state index in [-0.39, 0.29) is 11.5 Å². The molecule has 160 valence electrons. The summed E-state index contributed by atoms with van der Waals surface area (Å²) in [5, 5.41) is 3.33. The van der Waals surface area contributed by atoms with Gasteiger partial charge in [-0.05, 0) is 62.3 Å². The third kappa shape index (κ3) is 5.02. The largest absolute Gasteiger partial charge is 0.352 e. The number of aromatic amines is 1. The van der Waals surface area contributed by atoms with Crippen LogP contribution in [0.3, 0.4) is 0 Å². The van der Waals surface area contributed by atoms with E-state index >= 15 is 0 Å². The number of rotatable bonds is 7. The van der Waals surface area contributed by atoms with Crippen LogP contribution in [0, 0.1) is 0 Å². The SMILES string of the molecule is O=C(NCCC1=CCCCC1)c1ccc2c(=O)n(CCc3ccccc3)c(=O)[nH]c2c1.